The summed E-state index contributed by atoms with van der Waals surface area (Å²) in [5.41, 5.74) is 2.15. The molecule has 1 aromatic carbocycles. The van der Waals surface area contributed by atoms with Gasteiger partial charge in [0.2, 0.25) is 0 Å². The Kier molecular flexibility index (Phi) is 3.99. The number of ketones is 1. The van der Waals surface area contributed by atoms with E-state index in [2.05, 4.69) is 22.5 Å². The smallest absolute Gasteiger partial charge is 0.151 e. The number of Topliss-reactive ketones (excluding diaryl/α,β-unsaturated/α-hetero) is 1. The van der Waals surface area contributed by atoms with Gasteiger partial charge in [-0.05, 0) is 12.8 Å². The van der Waals surface area contributed by atoms with E-state index < -0.39 is 0 Å². The van der Waals surface area contributed by atoms with Crippen LogP contribution in [-0.2, 0) is 4.79 Å². The minimum absolute atomic E-state index is 0.128. The maximum atomic E-state index is 11.8. The molecule has 0 spiro atoms. The summed E-state index contributed by atoms with van der Waals surface area (Å²) >= 11 is 3.29. The summed E-state index contributed by atoms with van der Waals surface area (Å²) in [6, 6.07) is 10.2. The van der Waals surface area contributed by atoms with Gasteiger partial charge in [-0.1, -0.05) is 48.5 Å². The van der Waals surface area contributed by atoms with Crippen molar-refractivity contribution in [1.29, 1.82) is 0 Å². The molecule has 0 aliphatic heterocycles. The van der Waals surface area contributed by atoms with E-state index in [-0.39, 0.29) is 5.25 Å². The average molecular weight is 289 g/mol. The Morgan fingerprint density at radius 1 is 1.21 bits per heavy atom. The molecule has 1 atom stereocenters. The molecule has 2 nitrogen and oxygen atoms in total. The first kappa shape index (κ1) is 12.9. The van der Waals surface area contributed by atoms with Crippen LogP contribution in [0.25, 0.3) is 11.3 Å². The second-order valence-electron chi connectivity index (χ2n) is 4.68. The molecule has 0 N–H and O–H groups in total. The summed E-state index contributed by atoms with van der Waals surface area (Å²) < 4.78 is 1.01. The lowest BCUT2D eigenvalue weighted by molar-refractivity contribution is -0.119. The first-order valence-electron chi connectivity index (χ1n) is 6.53. The van der Waals surface area contributed by atoms with Gasteiger partial charge < -0.3 is 0 Å². The number of rotatable bonds is 3. The van der Waals surface area contributed by atoms with Crippen LogP contribution in [0.4, 0.5) is 0 Å². The fourth-order valence-corrected chi connectivity index (χ4v) is 4.45. The van der Waals surface area contributed by atoms with Gasteiger partial charge in [-0.2, -0.15) is 0 Å². The largest absolute Gasteiger partial charge is 0.298 e. The highest BCUT2D eigenvalue weighted by atomic mass is 32.2. The van der Waals surface area contributed by atoms with Crippen molar-refractivity contribution >= 4 is 28.9 Å². The van der Waals surface area contributed by atoms with Crippen molar-refractivity contribution in [3.63, 3.8) is 0 Å². The van der Waals surface area contributed by atoms with Crippen molar-refractivity contribution in [2.45, 2.75) is 35.3 Å². The molecule has 4 heteroatoms. The van der Waals surface area contributed by atoms with Crippen molar-refractivity contribution in [3.8, 4) is 11.3 Å². The molecule has 0 amide bonds. The topological polar surface area (TPSA) is 30.0 Å². The SMILES string of the molecule is O=C1CCCC[C@@H]1Sc1nc(-c2ccccc2)cs1. The predicted molar refractivity (Wildman–Crippen MR) is 80.7 cm³/mol. The Morgan fingerprint density at radius 2 is 2.05 bits per heavy atom. The molecule has 1 saturated carbocycles. The third kappa shape index (κ3) is 3.07. The van der Waals surface area contributed by atoms with Gasteiger partial charge in [0.15, 0.2) is 4.34 Å². The van der Waals surface area contributed by atoms with Crippen molar-refractivity contribution in [2.24, 2.45) is 0 Å². The van der Waals surface area contributed by atoms with Crippen molar-refractivity contribution in [1.82, 2.24) is 4.98 Å². The second kappa shape index (κ2) is 5.88. The number of carbonyl (C=O) groups excluding carboxylic acids is 1. The highest BCUT2D eigenvalue weighted by molar-refractivity contribution is 8.02. The fraction of sp³-hybridized carbons (Fsp3) is 0.333. The number of carbonyl (C=O) groups is 1. The lowest BCUT2D eigenvalue weighted by Gasteiger charge is -2.18. The maximum absolute atomic E-state index is 11.8. The second-order valence-corrected chi connectivity index (χ2v) is 6.99. The molecule has 1 aliphatic rings. The maximum Gasteiger partial charge on any atom is 0.151 e. The van der Waals surface area contributed by atoms with Gasteiger partial charge in [0.05, 0.1) is 10.9 Å². The van der Waals surface area contributed by atoms with Crippen LogP contribution in [0.2, 0.25) is 0 Å². The summed E-state index contributed by atoms with van der Waals surface area (Å²) in [4.78, 5) is 16.5. The standard InChI is InChI=1S/C15H15NOS2/c17-13-8-4-5-9-14(13)19-15-16-12(10-18-15)11-6-2-1-3-7-11/h1-3,6-7,10,14H,4-5,8-9H2/t14-/m0/s1. The molecule has 1 aromatic heterocycles. The Balaban J connectivity index is 1.73. The van der Waals surface area contributed by atoms with E-state index in [0.29, 0.717) is 5.78 Å². The molecule has 98 valence electrons. The van der Waals surface area contributed by atoms with Crippen LogP contribution in [-0.4, -0.2) is 16.0 Å². The van der Waals surface area contributed by atoms with Crippen LogP contribution < -0.4 is 0 Å². The molecule has 2 aromatic rings. The molecule has 1 heterocycles. The van der Waals surface area contributed by atoms with E-state index in [0.717, 1.165) is 34.9 Å². The molecule has 3 rings (SSSR count). The van der Waals surface area contributed by atoms with Crippen LogP contribution >= 0.6 is 23.1 Å². The number of thioether (sulfide) groups is 1. The van der Waals surface area contributed by atoms with Gasteiger partial charge >= 0.3 is 0 Å². The molecule has 0 unspecified atom stereocenters. The molecule has 0 bridgehead atoms. The minimum Gasteiger partial charge on any atom is -0.298 e. The van der Waals surface area contributed by atoms with Crippen LogP contribution in [0, 0.1) is 0 Å². The summed E-state index contributed by atoms with van der Waals surface area (Å²) in [7, 11) is 0. The minimum atomic E-state index is 0.128. The van der Waals surface area contributed by atoms with Gasteiger partial charge in [-0.15, -0.1) is 11.3 Å². The zero-order valence-corrected chi connectivity index (χ0v) is 12.2. The van der Waals surface area contributed by atoms with E-state index in [1.165, 1.54) is 6.42 Å². The number of benzene rings is 1. The molecule has 0 saturated heterocycles. The van der Waals surface area contributed by atoms with Crippen molar-refractivity contribution in [2.75, 3.05) is 0 Å². The zero-order chi connectivity index (χ0) is 13.1. The van der Waals surface area contributed by atoms with E-state index in [1.54, 1.807) is 23.1 Å². The Bertz CT molecular complexity index is 565. The van der Waals surface area contributed by atoms with Crippen molar-refractivity contribution in [3.05, 3.63) is 35.7 Å². The molecule has 19 heavy (non-hydrogen) atoms. The van der Waals surface area contributed by atoms with Gasteiger partial charge in [-0.25, -0.2) is 4.98 Å². The average Bonchev–Trinajstić information content (AvgIpc) is 2.91. The zero-order valence-electron chi connectivity index (χ0n) is 10.5. The number of aromatic nitrogens is 1. The summed E-state index contributed by atoms with van der Waals surface area (Å²) in [6.45, 7) is 0. The number of thiazole rings is 1. The highest BCUT2D eigenvalue weighted by Gasteiger charge is 2.24. The highest BCUT2D eigenvalue weighted by Crippen LogP contribution is 2.35. The third-order valence-corrected chi connectivity index (χ3v) is 5.58. The van der Waals surface area contributed by atoms with E-state index in [9.17, 15) is 4.79 Å². The summed E-state index contributed by atoms with van der Waals surface area (Å²) in [5, 5.41) is 2.20. The fourth-order valence-electron chi connectivity index (χ4n) is 2.25. The first-order valence-corrected chi connectivity index (χ1v) is 8.29. The predicted octanol–water partition coefficient (Wildman–Crippen LogP) is 4.41. The third-order valence-electron chi connectivity index (χ3n) is 3.29. The molecular formula is C15H15NOS2. The molecule has 1 fully saturated rings. The normalized spacial score (nSPS) is 19.6. The Hall–Kier alpha value is -1.13. The van der Waals surface area contributed by atoms with Gasteiger partial charge in [-0.3, -0.25) is 4.79 Å². The lowest BCUT2D eigenvalue weighted by atomic mass is 9.99. The van der Waals surface area contributed by atoms with Gasteiger partial charge in [0.25, 0.3) is 0 Å². The Morgan fingerprint density at radius 3 is 2.84 bits per heavy atom. The summed E-state index contributed by atoms with van der Waals surface area (Å²) in [6.07, 6.45) is 3.97. The quantitative estimate of drug-likeness (QED) is 0.838. The molecular weight excluding hydrogens is 274 g/mol. The van der Waals surface area contributed by atoms with Crippen LogP contribution in [0.15, 0.2) is 40.1 Å². The van der Waals surface area contributed by atoms with Crippen molar-refractivity contribution < 1.29 is 4.79 Å². The Labute approximate surface area is 121 Å². The number of hydrogen-bond donors (Lipinski definition) is 0. The van der Waals surface area contributed by atoms with Crippen LogP contribution in [0.1, 0.15) is 25.7 Å². The van der Waals surface area contributed by atoms with E-state index in [4.69, 9.17) is 0 Å². The molecule has 0 radical (unpaired) electrons. The van der Waals surface area contributed by atoms with Crippen LogP contribution in [0.3, 0.4) is 0 Å². The summed E-state index contributed by atoms with van der Waals surface area (Å²) in [5.74, 6) is 0.396. The first-order chi connectivity index (χ1) is 9.33. The van der Waals surface area contributed by atoms with Crippen LogP contribution in [0.5, 0.6) is 0 Å². The number of hydrogen-bond acceptors (Lipinski definition) is 4. The lowest BCUT2D eigenvalue weighted by Crippen LogP contribution is -2.21. The number of nitrogens with zero attached hydrogens (tertiary/aromatic N) is 1. The monoisotopic (exact) mass is 289 g/mol. The molecule has 1 aliphatic carbocycles. The van der Waals surface area contributed by atoms with Gasteiger partial charge in [0.1, 0.15) is 5.78 Å². The van der Waals surface area contributed by atoms with E-state index >= 15 is 0 Å². The van der Waals surface area contributed by atoms with Gasteiger partial charge in [0, 0.05) is 17.4 Å². The van der Waals surface area contributed by atoms with E-state index in [1.807, 2.05) is 18.2 Å².